The van der Waals surface area contributed by atoms with Crippen molar-refractivity contribution in [2.75, 3.05) is 0 Å². The molecule has 0 heterocycles. The van der Waals surface area contributed by atoms with Crippen molar-refractivity contribution >= 4 is 11.9 Å². The Labute approximate surface area is 145 Å². The Bertz CT molecular complexity index is 450. The molecule has 2 rings (SSSR count). The Hall–Kier alpha value is -2.10. The fourth-order valence-corrected chi connectivity index (χ4v) is 2.08. The first-order valence-corrected chi connectivity index (χ1v) is 8.66. The zero-order valence-electron chi connectivity index (χ0n) is 14.8. The third kappa shape index (κ3) is 12.4. The lowest BCUT2D eigenvalue weighted by Gasteiger charge is -2.08. The fraction of sp³-hybridized carbons (Fsp3) is 0.500. The van der Waals surface area contributed by atoms with E-state index in [-0.39, 0.29) is 12.8 Å². The van der Waals surface area contributed by atoms with Crippen LogP contribution in [0.5, 0.6) is 0 Å². The van der Waals surface area contributed by atoms with Crippen molar-refractivity contribution in [1.82, 2.24) is 0 Å². The highest BCUT2D eigenvalue weighted by Gasteiger charge is 2.06. The van der Waals surface area contributed by atoms with E-state index in [9.17, 15) is 9.59 Å². The number of rotatable bonds is 3. The van der Waals surface area contributed by atoms with Crippen molar-refractivity contribution in [1.29, 1.82) is 0 Å². The van der Waals surface area contributed by atoms with Crippen LogP contribution >= 0.6 is 0 Å². The molecule has 0 radical (unpaired) electrons. The smallest absolute Gasteiger partial charge is 0.303 e. The van der Waals surface area contributed by atoms with E-state index in [1.54, 1.807) is 25.0 Å². The zero-order chi connectivity index (χ0) is 18.2. The number of hydrogen-bond donors (Lipinski definition) is 2. The predicted octanol–water partition coefficient (Wildman–Crippen LogP) is 5.28. The summed E-state index contributed by atoms with van der Waals surface area (Å²) in [4.78, 5) is 18.7. The van der Waals surface area contributed by atoms with E-state index >= 15 is 0 Å². The molecule has 0 saturated carbocycles. The lowest BCUT2D eigenvalue weighted by Crippen LogP contribution is -1.89. The van der Waals surface area contributed by atoms with E-state index in [1.165, 1.54) is 38.5 Å². The lowest BCUT2D eigenvalue weighted by molar-refractivity contribution is -0.137. The van der Waals surface area contributed by atoms with Crippen molar-refractivity contribution in [3.63, 3.8) is 0 Å². The van der Waals surface area contributed by atoms with Crippen LogP contribution < -0.4 is 0 Å². The van der Waals surface area contributed by atoms with Crippen LogP contribution in [-0.4, -0.2) is 22.2 Å². The quantitative estimate of drug-likeness (QED) is 0.736. The Morgan fingerprint density at radius 3 is 1.46 bits per heavy atom. The second-order valence-electron chi connectivity index (χ2n) is 5.52. The highest BCUT2D eigenvalue weighted by molar-refractivity contribution is 5.66. The normalized spacial score (nSPS) is 16.1. The second-order valence-corrected chi connectivity index (χ2v) is 5.52. The molecule has 0 atom stereocenters. The zero-order valence-corrected chi connectivity index (χ0v) is 14.8. The third-order valence-corrected chi connectivity index (χ3v) is 3.52. The molecule has 24 heavy (non-hydrogen) atoms. The number of hydrogen-bond acceptors (Lipinski definition) is 2. The molecule has 4 nitrogen and oxygen atoms in total. The Balaban J connectivity index is 0.000000442. The molecular formula is C20H30O4. The van der Waals surface area contributed by atoms with E-state index in [4.69, 9.17) is 10.2 Å². The number of carboxylic acid groups (broad SMARTS) is 2. The average Bonchev–Trinajstić information content (AvgIpc) is 3.00. The number of carbonyl (C=O) groups is 2. The van der Waals surface area contributed by atoms with Crippen LogP contribution in [0.2, 0.25) is 0 Å². The number of allylic oxidation sites excluding steroid dienone is 8. The van der Waals surface area contributed by atoms with E-state index in [2.05, 4.69) is 36.5 Å². The minimum Gasteiger partial charge on any atom is -0.481 e. The number of aliphatic carboxylic acids is 2. The molecule has 0 bridgehead atoms. The first kappa shape index (κ1) is 21.9. The van der Waals surface area contributed by atoms with Gasteiger partial charge in [0, 0.05) is 12.8 Å². The van der Waals surface area contributed by atoms with Crippen molar-refractivity contribution in [3.05, 3.63) is 47.6 Å². The van der Waals surface area contributed by atoms with Gasteiger partial charge in [0.15, 0.2) is 0 Å². The summed E-state index contributed by atoms with van der Waals surface area (Å²) in [5.74, 6) is -1.49. The van der Waals surface area contributed by atoms with Gasteiger partial charge in [0.05, 0.1) is 0 Å². The van der Waals surface area contributed by atoms with Gasteiger partial charge in [0.1, 0.15) is 0 Å². The van der Waals surface area contributed by atoms with Crippen LogP contribution in [0.15, 0.2) is 47.6 Å². The van der Waals surface area contributed by atoms with Gasteiger partial charge in [0.25, 0.3) is 0 Å². The first-order chi connectivity index (χ1) is 11.5. The van der Waals surface area contributed by atoms with E-state index in [0.29, 0.717) is 0 Å². The SMILES string of the molecule is C1=CCCCC(C2=CC=CCCC2)=C1.CCC(=O)O.CCC(=O)O. The maximum Gasteiger partial charge on any atom is 0.303 e. The van der Waals surface area contributed by atoms with Crippen LogP contribution in [0.1, 0.15) is 65.2 Å². The average molecular weight is 334 g/mol. The summed E-state index contributed by atoms with van der Waals surface area (Å²) in [5.41, 5.74) is 3.12. The van der Waals surface area contributed by atoms with Gasteiger partial charge in [0.2, 0.25) is 0 Å². The predicted molar refractivity (Wildman–Crippen MR) is 98.0 cm³/mol. The molecule has 0 aromatic rings. The second kappa shape index (κ2) is 14.5. The van der Waals surface area contributed by atoms with Crippen molar-refractivity contribution < 1.29 is 19.8 Å². The largest absolute Gasteiger partial charge is 0.481 e. The monoisotopic (exact) mass is 334 g/mol. The molecule has 4 heteroatoms. The number of carboxylic acids is 2. The van der Waals surface area contributed by atoms with Gasteiger partial charge in [-0.3, -0.25) is 9.59 Å². The van der Waals surface area contributed by atoms with Gasteiger partial charge in [-0.1, -0.05) is 50.3 Å². The van der Waals surface area contributed by atoms with Gasteiger partial charge in [-0.2, -0.15) is 0 Å². The molecule has 134 valence electrons. The maximum absolute atomic E-state index is 9.37. The summed E-state index contributed by atoms with van der Waals surface area (Å²) in [5, 5.41) is 15.4. The summed E-state index contributed by atoms with van der Waals surface area (Å²) in [6.07, 6.45) is 21.7. The van der Waals surface area contributed by atoms with Gasteiger partial charge >= 0.3 is 11.9 Å². The summed E-state index contributed by atoms with van der Waals surface area (Å²) in [6, 6.07) is 0. The summed E-state index contributed by atoms with van der Waals surface area (Å²) < 4.78 is 0. The van der Waals surface area contributed by atoms with Crippen LogP contribution in [0, 0.1) is 0 Å². The van der Waals surface area contributed by atoms with E-state index in [1.807, 2.05) is 0 Å². The van der Waals surface area contributed by atoms with Crippen LogP contribution in [0.25, 0.3) is 0 Å². The molecule has 0 aromatic heterocycles. The van der Waals surface area contributed by atoms with Crippen molar-refractivity contribution in [2.24, 2.45) is 0 Å². The summed E-state index contributed by atoms with van der Waals surface area (Å²) in [7, 11) is 0. The molecule has 0 aliphatic heterocycles. The van der Waals surface area contributed by atoms with E-state index < -0.39 is 11.9 Å². The Kier molecular flexibility index (Phi) is 13.2. The van der Waals surface area contributed by atoms with Gasteiger partial charge in [-0.15, -0.1) is 0 Å². The minimum absolute atomic E-state index is 0.222. The van der Waals surface area contributed by atoms with Crippen LogP contribution in [0.4, 0.5) is 0 Å². The molecule has 2 aliphatic carbocycles. The molecule has 0 fully saturated rings. The summed E-state index contributed by atoms with van der Waals surface area (Å²) >= 11 is 0. The minimum atomic E-state index is -0.745. The topological polar surface area (TPSA) is 74.6 Å². The molecule has 0 unspecified atom stereocenters. The standard InChI is InChI=1S/C14H18.2C3H6O2/c1-2-6-10-13(9-5-1)14-11-7-3-4-8-12-14;2*1-2-3(4)5/h1,3,5,7,9,11H,2,4,6,8,10,12H2;2*2H2,1H3,(H,4,5). The third-order valence-electron chi connectivity index (χ3n) is 3.52. The first-order valence-electron chi connectivity index (χ1n) is 8.66. The maximum atomic E-state index is 9.37. The summed E-state index contributed by atoms with van der Waals surface area (Å²) in [6.45, 7) is 3.20. The van der Waals surface area contributed by atoms with Gasteiger partial charge < -0.3 is 10.2 Å². The molecule has 0 amide bonds. The van der Waals surface area contributed by atoms with E-state index in [0.717, 1.165) is 0 Å². The highest BCUT2D eigenvalue weighted by atomic mass is 16.4. The molecular weight excluding hydrogens is 304 g/mol. The van der Waals surface area contributed by atoms with Gasteiger partial charge in [-0.05, 0) is 49.7 Å². The fourth-order valence-electron chi connectivity index (χ4n) is 2.08. The molecule has 0 aromatic carbocycles. The van der Waals surface area contributed by atoms with Crippen molar-refractivity contribution in [2.45, 2.75) is 65.2 Å². The molecule has 2 aliphatic rings. The Morgan fingerprint density at radius 2 is 1.17 bits per heavy atom. The molecule has 0 saturated heterocycles. The molecule has 2 N–H and O–H groups in total. The van der Waals surface area contributed by atoms with Gasteiger partial charge in [-0.25, -0.2) is 0 Å². The highest BCUT2D eigenvalue weighted by Crippen LogP contribution is 2.25. The lowest BCUT2D eigenvalue weighted by atomic mass is 9.97. The Morgan fingerprint density at radius 1 is 0.833 bits per heavy atom. The molecule has 0 spiro atoms. The van der Waals surface area contributed by atoms with Crippen LogP contribution in [-0.2, 0) is 9.59 Å². The van der Waals surface area contributed by atoms with Crippen molar-refractivity contribution in [3.8, 4) is 0 Å². The van der Waals surface area contributed by atoms with Crippen LogP contribution in [0.3, 0.4) is 0 Å².